The van der Waals surface area contributed by atoms with Crippen LogP contribution in [0.1, 0.15) is 50.0 Å². The van der Waals surface area contributed by atoms with Gasteiger partial charge in [-0.15, -0.1) is 0 Å². The lowest BCUT2D eigenvalue weighted by molar-refractivity contribution is -0.120. The molecule has 1 atom stereocenters. The summed E-state index contributed by atoms with van der Waals surface area (Å²) in [6.07, 6.45) is 6.34. The Hall–Kier alpha value is -1.31. The highest BCUT2D eigenvalue weighted by Crippen LogP contribution is 2.32. The Morgan fingerprint density at radius 2 is 1.89 bits per heavy atom. The maximum Gasteiger partial charge on any atom is 0.133 e. The summed E-state index contributed by atoms with van der Waals surface area (Å²) in [5, 5.41) is 0. The van der Waals surface area contributed by atoms with E-state index in [9.17, 15) is 4.79 Å². The molecule has 2 aliphatic rings. The summed E-state index contributed by atoms with van der Waals surface area (Å²) in [5.74, 6) is 2.61. The van der Waals surface area contributed by atoms with Crippen molar-refractivity contribution in [2.45, 2.75) is 44.4 Å². The van der Waals surface area contributed by atoms with Gasteiger partial charge in [-0.05, 0) is 55.2 Å². The smallest absolute Gasteiger partial charge is 0.133 e. The molecule has 2 nitrogen and oxygen atoms in total. The summed E-state index contributed by atoms with van der Waals surface area (Å²) < 4.78 is 5.73. The van der Waals surface area contributed by atoms with Crippen LogP contribution in [0.4, 0.5) is 0 Å². The first-order valence-corrected chi connectivity index (χ1v) is 7.06. The fraction of sp³-hybridized carbons (Fsp3) is 0.562. The van der Waals surface area contributed by atoms with E-state index in [0.717, 1.165) is 44.0 Å². The molecule has 0 N–H and O–H groups in total. The highest BCUT2D eigenvalue weighted by atomic mass is 16.5. The molecule has 0 bridgehead atoms. The lowest BCUT2D eigenvalue weighted by atomic mass is 9.83. The van der Waals surface area contributed by atoms with Crippen LogP contribution in [0.15, 0.2) is 24.3 Å². The minimum atomic E-state index is 0.417. The molecular formula is C16H20O2. The Bertz CT molecular complexity index is 417. The molecule has 1 unspecified atom stereocenters. The zero-order valence-corrected chi connectivity index (χ0v) is 10.7. The van der Waals surface area contributed by atoms with Crippen molar-refractivity contribution in [3.05, 3.63) is 29.8 Å². The molecule has 3 rings (SSSR count). The zero-order valence-electron chi connectivity index (χ0n) is 10.7. The van der Waals surface area contributed by atoms with Gasteiger partial charge in [0.1, 0.15) is 11.5 Å². The van der Waals surface area contributed by atoms with Crippen molar-refractivity contribution in [2.24, 2.45) is 5.92 Å². The monoisotopic (exact) mass is 244 g/mol. The number of ether oxygens (including phenoxy) is 1. The van der Waals surface area contributed by atoms with Gasteiger partial charge in [0.05, 0.1) is 6.61 Å². The van der Waals surface area contributed by atoms with E-state index in [1.807, 2.05) is 0 Å². The van der Waals surface area contributed by atoms with Crippen molar-refractivity contribution in [3.8, 4) is 5.75 Å². The summed E-state index contributed by atoms with van der Waals surface area (Å²) in [6, 6.07) is 8.37. The third-order valence-corrected chi connectivity index (χ3v) is 4.02. The Labute approximate surface area is 108 Å². The average Bonchev–Trinajstić information content (AvgIpc) is 3.21. The predicted molar refractivity (Wildman–Crippen MR) is 70.9 cm³/mol. The van der Waals surface area contributed by atoms with Gasteiger partial charge in [-0.25, -0.2) is 0 Å². The lowest BCUT2D eigenvalue weighted by Gasteiger charge is -2.21. The first-order chi connectivity index (χ1) is 8.81. The topological polar surface area (TPSA) is 26.3 Å². The van der Waals surface area contributed by atoms with E-state index in [4.69, 9.17) is 4.74 Å². The van der Waals surface area contributed by atoms with E-state index < -0.39 is 0 Å². The van der Waals surface area contributed by atoms with Crippen molar-refractivity contribution in [1.82, 2.24) is 0 Å². The number of carbonyl (C=O) groups excluding carboxylic acids is 1. The molecule has 0 radical (unpaired) electrons. The lowest BCUT2D eigenvalue weighted by Crippen LogP contribution is -2.13. The van der Waals surface area contributed by atoms with E-state index >= 15 is 0 Å². The number of hydrogen-bond donors (Lipinski definition) is 0. The quantitative estimate of drug-likeness (QED) is 0.807. The van der Waals surface area contributed by atoms with E-state index in [1.165, 1.54) is 18.4 Å². The molecule has 2 fully saturated rings. The molecule has 2 aliphatic carbocycles. The summed E-state index contributed by atoms with van der Waals surface area (Å²) in [5.41, 5.74) is 1.29. The molecule has 0 amide bonds. The second-order valence-electron chi connectivity index (χ2n) is 5.66. The zero-order chi connectivity index (χ0) is 12.4. The van der Waals surface area contributed by atoms with Crippen LogP contribution in [0.25, 0.3) is 0 Å². The van der Waals surface area contributed by atoms with Crippen LogP contribution in [0.2, 0.25) is 0 Å². The molecule has 0 spiro atoms. The van der Waals surface area contributed by atoms with E-state index in [0.29, 0.717) is 11.7 Å². The summed E-state index contributed by atoms with van der Waals surface area (Å²) in [6.45, 7) is 0.862. The van der Waals surface area contributed by atoms with E-state index in [1.54, 1.807) is 0 Å². The summed E-state index contributed by atoms with van der Waals surface area (Å²) in [7, 11) is 0. The van der Waals surface area contributed by atoms with Crippen LogP contribution in [-0.2, 0) is 4.79 Å². The second-order valence-corrected chi connectivity index (χ2v) is 5.66. The highest BCUT2D eigenvalue weighted by molar-refractivity contribution is 5.80. The van der Waals surface area contributed by atoms with Crippen molar-refractivity contribution in [3.63, 3.8) is 0 Å². The molecule has 18 heavy (non-hydrogen) atoms. The van der Waals surface area contributed by atoms with Crippen LogP contribution in [-0.4, -0.2) is 12.4 Å². The molecule has 0 aromatic heterocycles. The minimum absolute atomic E-state index is 0.417. The molecule has 0 aliphatic heterocycles. The van der Waals surface area contributed by atoms with Crippen molar-refractivity contribution < 1.29 is 9.53 Å². The molecule has 1 aromatic rings. The Kier molecular flexibility index (Phi) is 3.35. The van der Waals surface area contributed by atoms with Gasteiger partial charge in [0, 0.05) is 12.8 Å². The van der Waals surface area contributed by atoms with Crippen LogP contribution >= 0.6 is 0 Å². The van der Waals surface area contributed by atoms with Crippen LogP contribution in [0.3, 0.4) is 0 Å². The second kappa shape index (κ2) is 5.13. The van der Waals surface area contributed by atoms with Crippen molar-refractivity contribution in [2.75, 3.05) is 6.61 Å². The Morgan fingerprint density at radius 3 is 2.56 bits per heavy atom. The van der Waals surface area contributed by atoms with Gasteiger partial charge in [0.15, 0.2) is 0 Å². The fourth-order valence-corrected chi connectivity index (χ4v) is 2.64. The van der Waals surface area contributed by atoms with E-state index in [2.05, 4.69) is 24.3 Å². The van der Waals surface area contributed by atoms with Gasteiger partial charge < -0.3 is 4.74 Å². The minimum Gasteiger partial charge on any atom is -0.493 e. The third-order valence-electron chi connectivity index (χ3n) is 4.02. The number of ketones is 1. The Balaban J connectivity index is 1.60. The number of carbonyl (C=O) groups is 1. The molecule has 0 saturated heterocycles. The predicted octanol–water partition coefficient (Wildman–Crippen LogP) is 3.70. The SMILES string of the molecule is O=C1CCCC(c2ccc(OCC3CC3)cc2)C1. The molecule has 0 heterocycles. The van der Waals surface area contributed by atoms with Gasteiger partial charge >= 0.3 is 0 Å². The fourth-order valence-electron chi connectivity index (χ4n) is 2.64. The summed E-state index contributed by atoms with van der Waals surface area (Å²) >= 11 is 0. The van der Waals surface area contributed by atoms with Crippen LogP contribution < -0.4 is 4.74 Å². The molecule has 2 saturated carbocycles. The third kappa shape index (κ3) is 2.92. The van der Waals surface area contributed by atoms with Gasteiger partial charge in [-0.1, -0.05) is 12.1 Å². The van der Waals surface area contributed by atoms with Crippen LogP contribution in [0, 0.1) is 5.92 Å². The number of rotatable bonds is 4. The van der Waals surface area contributed by atoms with E-state index in [-0.39, 0.29) is 0 Å². The van der Waals surface area contributed by atoms with Gasteiger partial charge in [-0.2, -0.15) is 0 Å². The maximum absolute atomic E-state index is 11.5. The largest absolute Gasteiger partial charge is 0.493 e. The highest BCUT2D eigenvalue weighted by Gasteiger charge is 2.22. The number of hydrogen-bond acceptors (Lipinski definition) is 2. The molecule has 96 valence electrons. The first-order valence-electron chi connectivity index (χ1n) is 7.06. The number of Topliss-reactive ketones (excluding diaryl/α,β-unsaturated/α-hetero) is 1. The van der Waals surface area contributed by atoms with Crippen LogP contribution in [0.5, 0.6) is 5.75 Å². The standard InChI is InChI=1S/C16H20O2/c17-15-3-1-2-14(10-15)13-6-8-16(9-7-13)18-11-12-4-5-12/h6-9,12,14H,1-5,10-11H2. The molecule has 1 aromatic carbocycles. The van der Waals surface area contributed by atoms with Gasteiger partial charge in [0.2, 0.25) is 0 Å². The van der Waals surface area contributed by atoms with Crippen molar-refractivity contribution in [1.29, 1.82) is 0 Å². The van der Waals surface area contributed by atoms with Crippen molar-refractivity contribution >= 4 is 5.78 Å². The normalized spacial score (nSPS) is 24.0. The van der Waals surface area contributed by atoms with Gasteiger partial charge in [-0.3, -0.25) is 4.79 Å². The summed E-state index contributed by atoms with van der Waals surface area (Å²) in [4.78, 5) is 11.5. The average molecular weight is 244 g/mol. The Morgan fingerprint density at radius 1 is 1.11 bits per heavy atom. The maximum atomic E-state index is 11.5. The molecular weight excluding hydrogens is 224 g/mol. The number of benzene rings is 1. The first kappa shape index (κ1) is 11.8. The van der Waals surface area contributed by atoms with Gasteiger partial charge in [0.25, 0.3) is 0 Å². The molecule has 2 heteroatoms.